The lowest BCUT2D eigenvalue weighted by molar-refractivity contribution is -0.121. The van der Waals surface area contributed by atoms with Crippen LogP contribution >= 0.6 is 23.2 Å². The summed E-state index contributed by atoms with van der Waals surface area (Å²) in [6.45, 7) is 2.06. The molecule has 0 saturated heterocycles. The van der Waals surface area contributed by atoms with Crippen LogP contribution in [0.4, 0.5) is 0 Å². The summed E-state index contributed by atoms with van der Waals surface area (Å²) in [5, 5.41) is 0. The fourth-order valence-corrected chi connectivity index (χ4v) is 1.93. The van der Waals surface area contributed by atoms with Crippen LogP contribution in [0.1, 0.15) is 26.2 Å². The van der Waals surface area contributed by atoms with E-state index in [0.29, 0.717) is 18.8 Å². The number of carbonyl (C=O) groups is 1. The number of halogens is 2. The van der Waals surface area contributed by atoms with E-state index >= 15 is 0 Å². The molecule has 0 aromatic carbocycles. The quantitative estimate of drug-likeness (QED) is 0.525. The van der Waals surface area contributed by atoms with Crippen molar-refractivity contribution in [2.75, 3.05) is 0 Å². The van der Waals surface area contributed by atoms with Crippen LogP contribution in [-0.2, 0) is 4.79 Å². The van der Waals surface area contributed by atoms with Gasteiger partial charge in [0.1, 0.15) is 0 Å². The van der Waals surface area contributed by atoms with E-state index in [9.17, 15) is 4.79 Å². The Kier molecular flexibility index (Phi) is 2.26. The Morgan fingerprint density at radius 2 is 2.20 bits per heavy atom. The third-order valence-corrected chi connectivity index (χ3v) is 2.61. The van der Waals surface area contributed by atoms with Crippen molar-refractivity contribution in [3.8, 4) is 0 Å². The number of alkyl halides is 2. The first kappa shape index (κ1) is 8.35. The summed E-state index contributed by atoms with van der Waals surface area (Å²) in [6.07, 6.45) is 2.07. The van der Waals surface area contributed by atoms with Crippen LogP contribution < -0.4 is 0 Å². The van der Waals surface area contributed by atoms with E-state index in [1.807, 2.05) is 0 Å². The molecule has 1 aliphatic carbocycles. The largest absolute Gasteiger partial charge is 0.296 e. The first-order valence-electron chi connectivity index (χ1n) is 3.43. The number of hydrogen-bond donors (Lipinski definition) is 0. The summed E-state index contributed by atoms with van der Waals surface area (Å²) < 4.78 is -1.09. The number of hydrogen-bond acceptors (Lipinski definition) is 1. The Balaban J connectivity index is 2.63. The number of rotatable bonds is 0. The van der Waals surface area contributed by atoms with Crippen molar-refractivity contribution in [2.45, 2.75) is 30.5 Å². The van der Waals surface area contributed by atoms with E-state index < -0.39 is 4.33 Å². The maximum absolute atomic E-state index is 11.0. The third-order valence-electron chi connectivity index (χ3n) is 1.88. The molecule has 0 aromatic heterocycles. The highest BCUT2D eigenvalue weighted by Crippen LogP contribution is 2.37. The fourth-order valence-electron chi connectivity index (χ4n) is 1.21. The molecule has 58 valence electrons. The van der Waals surface area contributed by atoms with Crippen LogP contribution in [0.2, 0.25) is 0 Å². The van der Waals surface area contributed by atoms with Gasteiger partial charge in [-0.15, -0.1) is 0 Å². The van der Waals surface area contributed by atoms with Crippen molar-refractivity contribution in [1.29, 1.82) is 0 Å². The lowest BCUT2D eigenvalue weighted by atomic mass is 9.89. The van der Waals surface area contributed by atoms with E-state index in [-0.39, 0.29) is 5.78 Å². The minimum absolute atomic E-state index is 0.0195. The van der Waals surface area contributed by atoms with Gasteiger partial charge < -0.3 is 0 Å². The van der Waals surface area contributed by atoms with E-state index in [2.05, 4.69) is 6.92 Å². The molecule has 1 fully saturated rings. The molecule has 1 atom stereocenters. The second kappa shape index (κ2) is 2.71. The Hall–Kier alpha value is 0.250. The molecule has 1 saturated carbocycles. The molecular weight excluding hydrogens is 171 g/mol. The molecule has 0 amide bonds. The van der Waals surface area contributed by atoms with Crippen LogP contribution in [-0.4, -0.2) is 10.1 Å². The average molecular weight is 181 g/mol. The summed E-state index contributed by atoms with van der Waals surface area (Å²) in [7, 11) is 0. The zero-order valence-electron chi connectivity index (χ0n) is 5.86. The van der Waals surface area contributed by atoms with Crippen molar-refractivity contribution in [1.82, 2.24) is 0 Å². The molecule has 0 bridgehead atoms. The standard InChI is InChI=1S/C7H10Cl2O/c1-5-2-3-6(10)7(8,9)4-5/h5H,2-4H2,1H3/t5-/m0/s1. The highest BCUT2D eigenvalue weighted by molar-refractivity contribution is 6.58. The minimum atomic E-state index is -1.09. The highest BCUT2D eigenvalue weighted by atomic mass is 35.5. The molecule has 0 heterocycles. The SMILES string of the molecule is C[C@H]1CCC(=O)C(Cl)(Cl)C1. The Morgan fingerprint density at radius 3 is 2.60 bits per heavy atom. The Labute approximate surface area is 70.7 Å². The number of Topliss-reactive ketones (excluding diaryl/α,β-unsaturated/α-hetero) is 1. The summed E-state index contributed by atoms with van der Waals surface area (Å²) in [4.78, 5) is 11.0. The fraction of sp³-hybridized carbons (Fsp3) is 0.857. The summed E-state index contributed by atoms with van der Waals surface area (Å²) in [6, 6.07) is 0. The van der Waals surface area contributed by atoms with Crippen molar-refractivity contribution in [2.24, 2.45) is 5.92 Å². The third kappa shape index (κ3) is 1.64. The molecular formula is C7H10Cl2O. The lowest BCUT2D eigenvalue weighted by Crippen LogP contribution is -2.32. The van der Waals surface area contributed by atoms with Gasteiger partial charge in [-0.3, -0.25) is 4.79 Å². The zero-order valence-corrected chi connectivity index (χ0v) is 7.37. The molecule has 0 aromatic rings. The normalized spacial score (nSPS) is 32.3. The average Bonchev–Trinajstić information content (AvgIpc) is 1.78. The summed E-state index contributed by atoms with van der Waals surface area (Å²) in [5.74, 6) is 0.460. The minimum Gasteiger partial charge on any atom is -0.296 e. The van der Waals surface area contributed by atoms with Gasteiger partial charge in [0.25, 0.3) is 0 Å². The zero-order chi connectivity index (χ0) is 7.78. The summed E-state index contributed by atoms with van der Waals surface area (Å²) in [5.41, 5.74) is 0. The van der Waals surface area contributed by atoms with Crippen molar-refractivity contribution >= 4 is 29.0 Å². The predicted molar refractivity (Wildman–Crippen MR) is 42.5 cm³/mol. The summed E-state index contributed by atoms with van der Waals surface area (Å²) >= 11 is 11.5. The van der Waals surface area contributed by atoms with E-state index in [1.165, 1.54) is 0 Å². The van der Waals surface area contributed by atoms with Gasteiger partial charge in [-0.2, -0.15) is 0 Å². The van der Waals surface area contributed by atoms with Crippen LogP contribution in [0, 0.1) is 5.92 Å². The Bertz CT molecular complexity index is 154. The van der Waals surface area contributed by atoms with Gasteiger partial charge in [0.05, 0.1) is 0 Å². The monoisotopic (exact) mass is 180 g/mol. The molecule has 1 rings (SSSR count). The van der Waals surface area contributed by atoms with Crippen LogP contribution in [0.15, 0.2) is 0 Å². The van der Waals surface area contributed by atoms with Crippen molar-refractivity contribution in [3.05, 3.63) is 0 Å². The topological polar surface area (TPSA) is 17.1 Å². The highest BCUT2D eigenvalue weighted by Gasteiger charge is 2.38. The molecule has 0 aliphatic heterocycles. The molecule has 3 heteroatoms. The molecule has 0 radical (unpaired) electrons. The van der Waals surface area contributed by atoms with Crippen LogP contribution in [0.5, 0.6) is 0 Å². The molecule has 0 unspecified atom stereocenters. The van der Waals surface area contributed by atoms with Gasteiger partial charge in [0, 0.05) is 6.42 Å². The van der Waals surface area contributed by atoms with Gasteiger partial charge in [-0.25, -0.2) is 0 Å². The first-order valence-corrected chi connectivity index (χ1v) is 4.19. The van der Waals surface area contributed by atoms with Gasteiger partial charge in [0.15, 0.2) is 10.1 Å². The van der Waals surface area contributed by atoms with E-state index in [4.69, 9.17) is 23.2 Å². The van der Waals surface area contributed by atoms with Crippen molar-refractivity contribution in [3.63, 3.8) is 0 Å². The first-order chi connectivity index (χ1) is 4.52. The molecule has 0 spiro atoms. The number of ketones is 1. The second-order valence-corrected chi connectivity index (χ2v) is 4.46. The maximum Gasteiger partial charge on any atom is 0.176 e. The Morgan fingerprint density at radius 1 is 1.60 bits per heavy atom. The van der Waals surface area contributed by atoms with E-state index in [1.54, 1.807) is 0 Å². The van der Waals surface area contributed by atoms with Gasteiger partial charge >= 0.3 is 0 Å². The maximum atomic E-state index is 11.0. The number of carbonyl (C=O) groups excluding carboxylic acids is 1. The lowest BCUT2D eigenvalue weighted by Gasteiger charge is -2.27. The molecule has 1 aliphatic rings. The van der Waals surface area contributed by atoms with Gasteiger partial charge in [-0.1, -0.05) is 30.1 Å². The van der Waals surface area contributed by atoms with E-state index in [0.717, 1.165) is 6.42 Å². The van der Waals surface area contributed by atoms with Gasteiger partial charge in [-0.05, 0) is 18.8 Å². The van der Waals surface area contributed by atoms with Gasteiger partial charge in [0.2, 0.25) is 0 Å². The second-order valence-electron chi connectivity index (χ2n) is 2.98. The van der Waals surface area contributed by atoms with Crippen LogP contribution in [0.25, 0.3) is 0 Å². The molecule has 1 nitrogen and oxygen atoms in total. The van der Waals surface area contributed by atoms with Crippen LogP contribution in [0.3, 0.4) is 0 Å². The smallest absolute Gasteiger partial charge is 0.176 e. The molecule has 0 N–H and O–H groups in total. The molecule has 10 heavy (non-hydrogen) atoms. The van der Waals surface area contributed by atoms with Crippen molar-refractivity contribution < 1.29 is 4.79 Å². The predicted octanol–water partition coefficient (Wildman–Crippen LogP) is 2.55.